The number of rotatable bonds is 6. The van der Waals surface area contributed by atoms with E-state index in [2.05, 4.69) is 41.5 Å². The van der Waals surface area contributed by atoms with Crippen molar-refractivity contribution in [2.45, 2.75) is 19.9 Å². The zero-order chi connectivity index (χ0) is 13.5. The molecule has 0 spiro atoms. The zero-order valence-corrected chi connectivity index (χ0v) is 11.3. The summed E-state index contributed by atoms with van der Waals surface area (Å²) < 4.78 is 0. The van der Waals surface area contributed by atoms with Crippen LogP contribution in [-0.2, 0) is 6.54 Å². The minimum absolute atomic E-state index is 0.238. The summed E-state index contributed by atoms with van der Waals surface area (Å²) in [6.07, 6.45) is 4.46. The van der Waals surface area contributed by atoms with Gasteiger partial charge >= 0.3 is 0 Å². The van der Waals surface area contributed by atoms with Gasteiger partial charge in [0.2, 0.25) is 0 Å². The van der Waals surface area contributed by atoms with Gasteiger partial charge in [0.15, 0.2) is 0 Å². The molecule has 0 radical (unpaired) electrons. The second-order valence-corrected chi connectivity index (χ2v) is 4.64. The fourth-order valence-corrected chi connectivity index (χ4v) is 2.00. The predicted molar refractivity (Wildman–Crippen MR) is 77.8 cm³/mol. The molecule has 0 bridgehead atoms. The van der Waals surface area contributed by atoms with Gasteiger partial charge < -0.3 is 10.4 Å². The van der Waals surface area contributed by atoms with E-state index in [0.29, 0.717) is 0 Å². The van der Waals surface area contributed by atoms with Crippen LogP contribution < -0.4 is 5.32 Å². The topological polar surface area (TPSA) is 45.2 Å². The van der Waals surface area contributed by atoms with Gasteiger partial charge in [0.1, 0.15) is 0 Å². The van der Waals surface area contributed by atoms with Crippen molar-refractivity contribution in [3.63, 3.8) is 0 Å². The van der Waals surface area contributed by atoms with Crippen molar-refractivity contribution >= 4 is 0 Å². The Labute approximate surface area is 114 Å². The highest BCUT2D eigenvalue weighted by Crippen LogP contribution is 2.21. The third kappa shape index (κ3) is 3.88. The molecule has 0 fully saturated rings. The molecule has 0 aliphatic carbocycles. The van der Waals surface area contributed by atoms with Gasteiger partial charge in [-0.1, -0.05) is 18.2 Å². The van der Waals surface area contributed by atoms with Crippen molar-refractivity contribution in [3.05, 3.63) is 53.9 Å². The van der Waals surface area contributed by atoms with E-state index in [1.54, 1.807) is 6.20 Å². The van der Waals surface area contributed by atoms with Gasteiger partial charge in [0.25, 0.3) is 0 Å². The number of hydrogen-bond donors (Lipinski definition) is 2. The first-order valence-electron chi connectivity index (χ1n) is 6.63. The average Bonchev–Trinajstić information content (AvgIpc) is 2.46. The molecule has 0 unspecified atom stereocenters. The number of nitrogens with zero attached hydrogens (tertiary/aromatic N) is 1. The summed E-state index contributed by atoms with van der Waals surface area (Å²) in [5, 5.41) is 12.1. The molecule has 2 rings (SSSR count). The molecular formula is C16H20N2O. The van der Waals surface area contributed by atoms with E-state index < -0.39 is 0 Å². The van der Waals surface area contributed by atoms with Crippen molar-refractivity contribution in [1.29, 1.82) is 0 Å². The van der Waals surface area contributed by atoms with Gasteiger partial charge in [0, 0.05) is 25.5 Å². The highest BCUT2D eigenvalue weighted by molar-refractivity contribution is 5.63. The molecule has 3 heteroatoms. The number of hydrogen-bond acceptors (Lipinski definition) is 3. The van der Waals surface area contributed by atoms with E-state index in [1.165, 1.54) is 16.7 Å². The van der Waals surface area contributed by atoms with Crippen LogP contribution in [0.25, 0.3) is 11.1 Å². The van der Waals surface area contributed by atoms with Crippen LogP contribution in [0.5, 0.6) is 0 Å². The summed E-state index contributed by atoms with van der Waals surface area (Å²) in [5.74, 6) is 0. The van der Waals surface area contributed by atoms with Gasteiger partial charge in [-0.15, -0.1) is 0 Å². The Morgan fingerprint density at radius 2 is 2.11 bits per heavy atom. The van der Waals surface area contributed by atoms with Crippen LogP contribution in [0, 0.1) is 6.92 Å². The molecule has 2 aromatic rings. The van der Waals surface area contributed by atoms with Crippen LogP contribution in [0.15, 0.2) is 42.7 Å². The number of aryl methyl sites for hydroxylation is 1. The highest BCUT2D eigenvalue weighted by atomic mass is 16.3. The number of pyridine rings is 1. The Morgan fingerprint density at radius 3 is 2.84 bits per heavy atom. The van der Waals surface area contributed by atoms with Crippen LogP contribution in [-0.4, -0.2) is 23.2 Å². The lowest BCUT2D eigenvalue weighted by molar-refractivity contribution is 0.286. The molecule has 1 heterocycles. The van der Waals surface area contributed by atoms with Crippen LogP contribution in [0.3, 0.4) is 0 Å². The maximum absolute atomic E-state index is 8.76. The minimum Gasteiger partial charge on any atom is -0.396 e. The molecule has 0 aliphatic rings. The van der Waals surface area contributed by atoms with E-state index in [-0.39, 0.29) is 6.61 Å². The van der Waals surface area contributed by atoms with Gasteiger partial charge in [-0.2, -0.15) is 0 Å². The standard InChI is InChI=1S/C16H20N2O/c1-13-5-6-14(15-4-2-7-17-11-15)10-16(13)12-18-8-3-9-19/h2,4-7,10-11,18-19H,3,8-9,12H2,1H3. The average molecular weight is 256 g/mol. The lowest BCUT2D eigenvalue weighted by atomic mass is 10.0. The molecule has 19 heavy (non-hydrogen) atoms. The number of aliphatic hydroxyl groups excluding tert-OH is 1. The molecular weight excluding hydrogens is 236 g/mol. The number of nitrogens with one attached hydrogen (secondary N) is 1. The first-order valence-corrected chi connectivity index (χ1v) is 6.63. The Hall–Kier alpha value is -1.71. The normalized spacial score (nSPS) is 10.6. The maximum Gasteiger partial charge on any atom is 0.0443 e. The molecule has 1 aromatic heterocycles. The van der Waals surface area contributed by atoms with Gasteiger partial charge in [-0.05, 0) is 54.3 Å². The molecule has 0 amide bonds. The third-order valence-electron chi connectivity index (χ3n) is 3.17. The molecule has 100 valence electrons. The predicted octanol–water partition coefficient (Wildman–Crippen LogP) is 2.53. The first kappa shape index (κ1) is 13.7. The van der Waals surface area contributed by atoms with Crippen LogP contribution >= 0.6 is 0 Å². The van der Waals surface area contributed by atoms with E-state index in [0.717, 1.165) is 25.1 Å². The van der Waals surface area contributed by atoms with Crippen LogP contribution in [0.2, 0.25) is 0 Å². The van der Waals surface area contributed by atoms with Crippen molar-refractivity contribution in [3.8, 4) is 11.1 Å². The van der Waals surface area contributed by atoms with Crippen LogP contribution in [0.1, 0.15) is 17.5 Å². The third-order valence-corrected chi connectivity index (χ3v) is 3.17. The summed E-state index contributed by atoms with van der Waals surface area (Å²) in [6, 6.07) is 10.5. The Balaban J connectivity index is 2.11. The monoisotopic (exact) mass is 256 g/mol. The largest absolute Gasteiger partial charge is 0.396 e. The summed E-state index contributed by atoms with van der Waals surface area (Å²) in [7, 11) is 0. The van der Waals surface area contributed by atoms with Crippen molar-refractivity contribution < 1.29 is 5.11 Å². The Kier molecular flexibility index (Phi) is 5.07. The second kappa shape index (κ2) is 7.02. The van der Waals surface area contributed by atoms with Crippen molar-refractivity contribution in [2.75, 3.05) is 13.2 Å². The molecule has 0 aliphatic heterocycles. The van der Waals surface area contributed by atoms with Gasteiger partial charge in [-0.3, -0.25) is 4.98 Å². The summed E-state index contributed by atoms with van der Waals surface area (Å²) in [6.45, 7) is 4.03. The highest BCUT2D eigenvalue weighted by Gasteiger charge is 2.02. The van der Waals surface area contributed by atoms with Crippen molar-refractivity contribution in [1.82, 2.24) is 10.3 Å². The summed E-state index contributed by atoms with van der Waals surface area (Å²) >= 11 is 0. The Morgan fingerprint density at radius 1 is 1.21 bits per heavy atom. The maximum atomic E-state index is 8.76. The fraction of sp³-hybridized carbons (Fsp3) is 0.312. The van der Waals surface area contributed by atoms with Gasteiger partial charge in [-0.25, -0.2) is 0 Å². The number of aromatic nitrogens is 1. The van der Waals surface area contributed by atoms with Crippen LogP contribution in [0.4, 0.5) is 0 Å². The van der Waals surface area contributed by atoms with E-state index >= 15 is 0 Å². The smallest absolute Gasteiger partial charge is 0.0443 e. The Bertz CT molecular complexity index is 511. The second-order valence-electron chi connectivity index (χ2n) is 4.64. The summed E-state index contributed by atoms with van der Waals surface area (Å²) in [4.78, 5) is 4.16. The molecule has 1 aromatic carbocycles. The van der Waals surface area contributed by atoms with E-state index in [9.17, 15) is 0 Å². The molecule has 2 N–H and O–H groups in total. The lowest BCUT2D eigenvalue weighted by Gasteiger charge is -2.10. The molecule has 0 saturated heterocycles. The van der Waals surface area contributed by atoms with E-state index in [1.807, 2.05) is 12.3 Å². The molecule has 3 nitrogen and oxygen atoms in total. The van der Waals surface area contributed by atoms with E-state index in [4.69, 9.17) is 5.11 Å². The fourth-order valence-electron chi connectivity index (χ4n) is 2.00. The van der Waals surface area contributed by atoms with Gasteiger partial charge in [0.05, 0.1) is 0 Å². The minimum atomic E-state index is 0.238. The molecule has 0 saturated carbocycles. The lowest BCUT2D eigenvalue weighted by Crippen LogP contribution is -2.16. The summed E-state index contributed by atoms with van der Waals surface area (Å²) in [5.41, 5.74) is 4.90. The molecule has 0 atom stereocenters. The number of benzene rings is 1. The first-order chi connectivity index (χ1) is 9.31. The number of aliphatic hydroxyl groups is 1. The quantitative estimate of drug-likeness (QED) is 0.781. The van der Waals surface area contributed by atoms with Crippen molar-refractivity contribution in [2.24, 2.45) is 0 Å². The zero-order valence-electron chi connectivity index (χ0n) is 11.3. The SMILES string of the molecule is Cc1ccc(-c2cccnc2)cc1CNCCCO.